The molecule has 20 heavy (non-hydrogen) atoms. The van der Waals surface area contributed by atoms with Crippen LogP contribution in [0.15, 0.2) is 36.4 Å². The number of hydrogen-bond donors (Lipinski definition) is 1. The van der Waals surface area contributed by atoms with Crippen molar-refractivity contribution in [1.29, 1.82) is 0 Å². The summed E-state index contributed by atoms with van der Waals surface area (Å²) < 4.78 is 12.4. The number of halogens is 2. The van der Waals surface area contributed by atoms with Crippen LogP contribution in [0.2, 0.25) is 0 Å². The number of ether oxygens (including phenoxy) is 2. The molecule has 0 aromatic heterocycles. The normalized spacial score (nSPS) is 12.3. The van der Waals surface area contributed by atoms with Gasteiger partial charge in [0.1, 0.15) is 0 Å². The molecule has 0 radical (unpaired) electrons. The summed E-state index contributed by atoms with van der Waals surface area (Å²) in [6.45, 7) is 0.201. The largest absolute Gasteiger partial charge is 0.454 e. The second-order valence-corrected chi connectivity index (χ2v) is 6.44. The van der Waals surface area contributed by atoms with Gasteiger partial charge in [0.15, 0.2) is 11.5 Å². The number of para-hydroxylation sites is 1. The molecule has 1 N–H and O–H groups in total. The molecule has 0 saturated carbocycles. The average Bonchev–Trinajstić information content (AvgIpc) is 2.87. The molecule has 0 fully saturated rings. The Morgan fingerprint density at radius 2 is 1.75 bits per heavy atom. The van der Waals surface area contributed by atoms with Crippen molar-refractivity contribution in [3.05, 3.63) is 49.1 Å². The Kier molecular flexibility index (Phi) is 4.01. The van der Waals surface area contributed by atoms with E-state index in [9.17, 15) is 4.79 Å². The number of carbonyl (C=O) groups is 1. The SMILES string of the molecule is O=C(Nc1ccccc1I)c1cc2c(cc1I)OCO2. The van der Waals surface area contributed by atoms with E-state index in [1.807, 2.05) is 30.3 Å². The maximum Gasteiger partial charge on any atom is 0.256 e. The minimum Gasteiger partial charge on any atom is -0.454 e. The Morgan fingerprint density at radius 1 is 1.05 bits per heavy atom. The minimum atomic E-state index is -0.156. The van der Waals surface area contributed by atoms with Crippen LogP contribution in [-0.4, -0.2) is 12.7 Å². The Morgan fingerprint density at radius 3 is 2.50 bits per heavy atom. The first kappa shape index (κ1) is 13.9. The van der Waals surface area contributed by atoms with E-state index in [1.165, 1.54) is 0 Å². The van der Waals surface area contributed by atoms with E-state index in [1.54, 1.807) is 6.07 Å². The zero-order valence-corrected chi connectivity index (χ0v) is 14.5. The molecule has 0 unspecified atom stereocenters. The highest BCUT2D eigenvalue weighted by Crippen LogP contribution is 2.35. The second kappa shape index (κ2) is 5.76. The minimum absolute atomic E-state index is 0.156. The monoisotopic (exact) mass is 493 g/mol. The lowest BCUT2D eigenvalue weighted by atomic mass is 10.2. The molecular weight excluding hydrogens is 484 g/mol. The highest BCUT2D eigenvalue weighted by atomic mass is 127. The molecule has 0 bridgehead atoms. The van der Waals surface area contributed by atoms with Gasteiger partial charge < -0.3 is 14.8 Å². The first-order chi connectivity index (χ1) is 9.65. The third-order valence-corrected chi connectivity index (χ3v) is 4.66. The van der Waals surface area contributed by atoms with E-state index in [2.05, 4.69) is 50.5 Å². The van der Waals surface area contributed by atoms with E-state index in [0.29, 0.717) is 17.1 Å². The van der Waals surface area contributed by atoms with Crippen molar-refractivity contribution in [3.63, 3.8) is 0 Å². The summed E-state index contributed by atoms with van der Waals surface area (Å²) in [6.07, 6.45) is 0. The standard InChI is InChI=1S/C14H9I2NO3/c15-9-3-1-2-4-11(9)17-14(18)8-5-12-13(6-10(8)16)20-7-19-12/h1-6H,7H2,(H,17,18). The fourth-order valence-electron chi connectivity index (χ4n) is 1.84. The van der Waals surface area contributed by atoms with Gasteiger partial charge in [0.05, 0.1) is 11.3 Å². The van der Waals surface area contributed by atoms with Gasteiger partial charge in [-0.2, -0.15) is 0 Å². The summed E-state index contributed by atoms with van der Waals surface area (Å²) in [7, 11) is 0. The van der Waals surface area contributed by atoms with E-state index in [-0.39, 0.29) is 12.7 Å². The van der Waals surface area contributed by atoms with Gasteiger partial charge in [-0.15, -0.1) is 0 Å². The van der Waals surface area contributed by atoms with Crippen molar-refractivity contribution in [3.8, 4) is 11.5 Å². The molecule has 3 rings (SSSR count). The number of hydrogen-bond acceptors (Lipinski definition) is 3. The third kappa shape index (κ3) is 2.71. The molecule has 1 heterocycles. The van der Waals surface area contributed by atoms with Crippen LogP contribution in [0.25, 0.3) is 0 Å². The Hall–Kier alpha value is -1.03. The number of benzene rings is 2. The van der Waals surface area contributed by atoms with Crippen molar-refractivity contribution in [2.75, 3.05) is 12.1 Å². The number of carbonyl (C=O) groups excluding carboxylic acids is 1. The van der Waals surface area contributed by atoms with Gasteiger partial charge in [0.25, 0.3) is 5.91 Å². The summed E-state index contributed by atoms with van der Waals surface area (Å²) in [4.78, 5) is 12.4. The lowest BCUT2D eigenvalue weighted by Gasteiger charge is -2.09. The molecule has 0 atom stereocenters. The van der Waals surface area contributed by atoms with Crippen LogP contribution in [0.1, 0.15) is 10.4 Å². The summed E-state index contributed by atoms with van der Waals surface area (Å²) in [5, 5.41) is 2.91. The summed E-state index contributed by atoms with van der Waals surface area (Å²) in [5.41, 5.74) is 1.38. The van der Waals surface area contributed by atoms with E-state index in [4.69, 9.17) is 9.47 Å². The van der Waals surface area contributed by atoms with Crippen LogP contribution in [0.4, 0.5) is 5.69 Å². The van der Waals surface area contributed by atoms with Crippen LogP contribution >= 0.6 is 45.2 Å². The molecule has 2 aromatic rings. The van der Waals surface area contributed by atoms with Crippen LogP contribution in [0.3, 0.4) is 0 Å². The van der Waals surface area contributed by atoms with Gasteiger partial charge in [-0.1, -0.05) is 12.1 Å². The van der Waals surface area contributed by atoms with E-state index in [0.717, 1.165) is 12.8 Å². The fraction of sp³-hybridized carbons (Fsp3) is 0.0714. The lowest BCUT2D eigenvalue weighted by Crippen LogP contribution is -2.14. The van der Waals surface area contributed by atoms with Gasteiger partial charge in [-0.25, -0.2) is 0 Å². The van der Waals surface area contributed by atoms with Crippen molar-refractivity contribution in [2.45, 2.75) is 0 Å². The maximum absolute atomic E-state index is 12.4. The Bertz CT molecular complexity index is 688. The van der Waals surface area contributed by atoms with Gasteiger partial charge in [-0.3, -0.25) is 4.79 Å². The molecule has 1 aliphatic heterocycles. The number of fused-ring (bicyclic) bond motifs is 1. The number of amides is 1. The fourth-order valence-corrected chi connectivity index (χ4v) is 3.05. The molecule has 0 aliphatic carbocycles. The predicted octanol–water partition coefficient (Wildman–Crippen LogP) is 3.88. The molecule has 2 aromatic carbocycles. The van der Waals surface area contributed by atoms with Crippen molar-refractivity contribution >= 4 is 56.8 Å². The van der Waals surface area contributed by atoms with Crippen molar-refractivity contribution < 1.29 is 14.3 Å². The summed E-state index contributed by atoms with van der Waals surface area (Å²) in [5.74, 6) is 1.13. The van der Waals surface area contributed by atoms with Gasteiger partial charge >= 0.3 is 0 Å². The molecular formula is C14H9I2NO3. The van der Waals surface area contributed by atoms with Crippen molar-refractivity contribution in [2.24, 2.45) is 0 Å². The summed E-state index contributed by atoms with van der Waals surface area (Å²) >= 11 is 4.31. The van der Waals surface area contributed by atoms with Gasteiger partial charge in [0.2, 0.25) is 6.79 Å². The first-order valence-electron chi connectivity index (χ1n) is 5.80. The number of anilines is 1. The molecule has 102 valence electrons. The molecule has 0 spiro atoms. The average molecular weight is 493 g/mol. The molecule has 1 aliphatic rings. The zero-order valence-electron chi connectivity index (χ0n) is 10.2. The summed E-state index contributed by atoms with van der Waals surface area (Å²) in [6, 6.07) is 11.2. The quantitative estimate of drug-likeness (QED) is 0.647. The zero-order chi connectivity index (χ0) is 14.1. The van der Waals surface area contributed by atoms with E-state index < -0.39 is 0 Å². The van der Waals surface area contributed by atoms with Crippen LogP contribution in [0, 0.1) is 7.14 Å². The number of rotatable bonds is 2. The highest BCUT2D eigenvalue weighted by Gasteiger charge is 2.20. The van der Waals surface area contributed by atoms with Gasteiger partial charge in [-0.05, 0) is 69.4 Å². The molecule has 0 saturated heterocycles. The predicted molar refractivity (Wildman–Crippen MR) is 92.4 cm³/mol. The maximum atomic E-state index is 12.4. The first-order valence-corrected chi connectivity index (χ1v) is 7.96. The molecule has 4 nitrogen and oxygen atoms in total. The van der Waals surface area contributed by atoms with Gasteiger partial charge in [0, 0.05) is 7.14 Å². The van der Waals surface area contributed by atoms with Crippen LogP contribution in [0.5, 0.6) is 11.5 Å². The second-order valence-electron chi connectivity index (χ2n) is 4.12. The molecule has 6 heteroatoms. The topological polar surface area (TPSA) is 47.6 Å². The van der Waals surface area contributed by atoms with Crippen LogP contribution < -0.4 is 14.8 Å². The number of nitrogens with one attached hydrogen (secondary N) is 1. The smallest absolute Gasteiger partial charge is 0.256 e. The lowest BCUT2D eigenvalue weighted by molar-refractivity contribution is 0.102. The Labute approximate surface area is 143 Å². The highest BCUT2D eigenvalue weighted by molar-refractivity contribution is 14.1. The van der Waals surface area contributed by atoms with Crippen molar-refractivity contribution in [1.82, 2.24) is 0 Å². The Balaban J connectivity index is 1.90. The van der Waals surface area contributed by atoms with E-state index >= 15 is 0 Å². The van der Waals surface area contributed by atoms with Crippen LogP contribution in [-0.2, 0) is 0 Å². The third-order valence-electron chi connectivity index (χ3n) is 2.83. The molecule has 1 amide bonds.